The van der Waals surface area contributed by atoms with Crippen LogP contribution in [0.3, 0.4) is 0 Å². The SMILES string of the molecule is C1=CCC2=Cc3cc4c(cc3C2=C1)CCCC4. The maximum atomic E-state index is 2.46. The molecule has 3 aliphatic rings. The highest BCUT2D eigenvalue weighted by atomic mass is 14.3. The van der Waals surface area contributed by atoms with Gasteiger partial charge < -0.3 is 0 Å². The van der Waals surface area contributed by atoms with Crippen molar-refractivity contribution in [2.45, 2.75) is 32.1 Å². The molecule has 0 bridgehead atoms. The molecule has 3 aliphatic carbocycles. The number of benzene rings is 1. The van der Waals surface area contributed by atoms with Crippen molar-refractivity contribution in [2.75, 3.05) is 0 Å². The standard InChI is InChI=1S/C17H16/c1-2-6-13-11-17-15(9-12(13)5-1)10-14-7-3-4-8-16(14)17/h3-4,8-11H,1-2,5-7H2. The van der Waals surface area contributed by atoms with Gasteiger partial charge in [0.15, 0.2) is 0 Å². The van der Waals surface area contributed by atoms with Gasteiger partial charge in [0.1, 0.15) is 0 Å². The Kier molecular flexibility index (Phi) is 1.93. The molecule has 0 radical (unpaired) electrons. The molecule has 0 atom stereocenters. The third kappa shape index (κ3) is 1.37. The average molecular weight is 220 g/mol. The van der Waals surface area contributed by atoms with E-state index in [4.69, 9.17) is 0 Å². The summed E-state index contributed by atoms with van der Waals surface area (Å²) < 4.78 is 0. The summed E-state index contributed by atoms with van der Waals surface area (Å²) in [6.45, 7) is 0. The second-order valence-electron chi connectivity index (χ2n) is 5.30. The first-order chi connectivity index (χ1) is 8.42. The van der Waals surface area contributed by atoms with E-state index in [9.17, 15) is 0 Å². The van der Waals surface area contributed by atoms with Crippen molar-refractivity contribution in [1.82, 2.24) is 0 Å². The van der Waals surface area contributed by atoms with Gasteiger partial charge in [0, 0.05) is 0 Å². The molecule has 1 aromatic rings. The van der Waals surface area contributed by atoms with Crippen molar-refractivity contribution < 1.29 is 0 Å². The van der Waals surface area contributed by atoms with Crippen LogP contribution in [0.2, 0.25) is 0 Å². The molecule has 17 heavy (non-hydrogen) atoms. The Hall–Kier alpha value is -1.56. The van der Waals surface area contributed by atoms with Crippen LogP contribution in [-0.2, 0) is 12.8 Å². The molecule has 0 heterocycles. The first-order valence-corrected chi connectivity index (χ1v) is 6.66. The first kappa shape index (κ1) is 9.47. The maximum Gasteiger partial charge on any atom is -0.00879 e. The molecule has 0 fully saturated rings. The summed E-state index contributed by atoms with van der Waals surface area (Å²) >= 11 is 0. The lowest BCUT2D eigenvalue weighted by atomic mass is 9.87. The molecule has 4 rings (SSSR count). The van der Waals surface area contributed by atoms with Crippen LogP contribution in [0.1, 0.15) is 41.5 Å². The van der Waals surface area contributed by atoms with Crippen LogP contribution in [0.4, 0.5) is 0 Å². The van der Waals surface area contributed by atoms with E-state index in [-0.39, 0.29) is 0 Å². The predicted molar refractivity (Wildman–Crippen MR) is 72.8 cm³/mol. The Morgan fingerprint density at radius 2 is 1.76 bits per heavy atom. The summed E-state index contributed by atoms with van der Waals surface area (Å²) in [6, 6.07) is 4.90. The molecule has 0 unspecified atom stereocenters. The Morgan fingerprint density at radius 1 is 0.941 bits per heavy atom. The summed E-state index contributed by atoms with van der Waals surface area (Å²) in [5.41, 5.74) is 9.10. The minimum absolute atomic E-state index is 1.10. The van der Waals surface area contributed by atoms with Crippen LogP contribution in [-0.4, -0.2) is 0 Å². The Labute approximate surface area is 102 Å². The van der Waals surface area contributed by atoms with Crippen molar-refractivity contribution in [1.29, 1.82) is 0 Å². The lowest BCUT2D eigenvalue weighted by Gasteiger charge is -2.18. The third-order valence-corrected chi connectivity index (χ3v) is 4.22. The van der Waals surface area contributed by atoms with Gasteiger partial charge in [0.2, 0.25) is 0 Å². The second-order valence-corrected chi connectivity index (χ2v) is 5.30. The van der Waals surface area contributed by atoms with Gasteiger partial charge in [-0.25, -0.2) is 0 Å². The van der Waals surface area contributed by atoms with E-state index in [1.807, 2.05) is 0 Å². The van der Waals surface area contributed by atoms with E-state index in [2.05, 4.69) is 36.4 Å². The van der Waals surface area contributed by atoms with Gasteiger partial charge in [0.25, 0.3) is 0 Å². The monoisotopic (exact) mass is 220 g/mol. The van der Waals surface area contributed by atoms with E-state index in [1.165, 1.54) is 48.0 Å². The molecular formula is C17H16. The fourth-order valence-corrected chi connectivity index (χ4v) is 3.32. The lowest BCUT2D eigenvalue weighted by Crippen LogP contribution is -2.03. The fourth-order valence-electron chi connectivity index (χ4n) is 3.32. The van der Waals surface area contributed by atoms with Crippen LogP contribution >= 0.6 is 0 Å². The topological polar surface area (TPSA) is 0 Å². The molecule has 0 heteroatoms. The molecule has 0 aliphatic heterocycles. The minimum Gasteiger partial charge on any atom is -0.0801 e. The molecule has 0 amide bonds. The van der Waals surface area contributed by atoms with E-state index in [1.54, 1.807) is 11.1 Å². The van der Waals surface area contributed by atoms with Crippen LogP contribution in [0.5, 0.6) is 0 Å². The number of aryl methyl sites for hydroxylation is 2. The summed E-state index contributed by atoms with van der Waals surface area (Å²) in [4.78, 5) is 0. The highest BCUT2D eigenvalue weighted by Crippen LogP contribution is 2.41. The molecule has 0 spiro atoms. The van der Waals surface area contributed by atoms with Crippen LogP contribution in [0.15, 0.2) is 35.9 Å². The number of fused-ring (bicyclic) bond motifs is 4. The van der Waals surface area contributed by atoms with E-state index in [0.717, 1.165) is 6.42 Å². The molecule has 0 saturated carbocycles. The largest absolute Gasteiger partial charge is 0.0801 e. The zero-order chi connectivity index (χ0) is 11.2. The Bertz CT molecular complexity index is 582. The van der Waals surface area contributed by atoms with Crippen LogP contribution < -0.4 is 0 Å². The zero-order valence-electron chi connectivity index (χ0n) is 10.00. The van der Waals surface area contributed by atoms with Gasteiger partial charge in [-0.3, -0.25) is 0 Å². The van der Waals surface area contributed by atoms with Gasteiger partial charge in [-0.1, -0.05) is 36.4 Å². The quantitative estimate of drug-likeness (QED) is 0.611. The van der Waals surface area contributed by atoms with Crippen molar-refractivity contribution in [2.24, 2.45) is 0 Å². The smallest absolute Gasteiger partial charge is 0.00879 e. The lowest BCUT2D eigenvalue weighted by molar-refractivity contribution is 0.685. The van der Waals surface area contributed by atoms with E-state index >= 15 is 0 Å². The summed E-state index contributed by atoms with van der Waals surface area (Å²) in [5, 5.41) is 0. The molecule has 0 nitrogen and oxygen atoms in total. The Balaban J connectivity index is 1.91. The second kappa shape index (κ2) is 3.46. The number of hydrogen-bond acceptors (Lipinski definition) is 0. The first-order valence-electron chi connectivity index (χ1n) is 6.66. The molecular weight excluding hydrogens is 204 g/mol. The van der Waals surface area contributed by atoms with Gasteiger partial charge in [-0.05, 0) is 65.5 Å². The average Bonchev–Trinajstić information content (AvgIpc) is 2.73. The van der Waals surface area contributed by atoms with Crippen molar-refractivity contribution in [3.05, 3.63) is 58.2 Å². The van der Waals surface area contributed by atoms with Crippen molar-refractivity contribution >= 4 is 11.6 Å². The molecule has 0 aromatic heterocycles. The van der Waals surface area contributed by atoms with Crippen molar-refractivity contribution in [3.8, 4) is 0 Å². The van der Waals surface area contributed by atoms with Crippen LogP contribution in [0.25, 0.3) is 11.6 Å². The van der Waals surface area contributed by atoms with Gasteiger partial charge >= 0.3 is 0 Å². The number of hydrogen-bond donors (Lipinski definition) is 0. The normalized spacial score (nSPS) is 20.2. The predicted octanol–water partition coefficient (Wildman–Crippen LogP) is 4.31. The summed E-state index contributed by atoms with van der Waals surface area (Å²) in [7, 11) is 0. The van der Waals surface area contributed by atoms with Crippen LogP contribution in [0, 0.1) is 0 Å². The fraction of sp³-hybridized carbons (Fsp3) is 0.294. The van der Waals surface area contributed by atoms with Gasteiger partial charge in [0.05, 0.1) is 0 Å². The highest BCUT2D eigenvalue weighted by molar-refractivity contribution is 5.96. The molecule has 1 aromatic carbocycles. The van der Waals surface area contributed by atoms with E-state index < -0.39 is 0 Å². The zero-order valence-corrected chi connectivity index (χ0v) is 10.00. The Morgan fingerprint density at radius 3 is 2.65 bits per heavy atom. The highest BCUT2D eigenvalue weighted by Gasteiger charge is 2.21. The van der Waals surface area contributed by atoms with Gasteiger partial charge in [-0.15, -0.1) is 0 Å². The molecule has 0 N–H and O–H groups in total. The minimum atomic E-state index is 1.10. The van der Waals surface area contributed by atoms with Gasteiger partial charge in [-0.2, -0.15) is 0 Å². The molecule has 0 saturated heterocycles. The number of rotatable bonds is 0. The number of allylic oxidation sites excluding steroid dienone is 5. The third-order valence-electron chi connectivity index (χ3n) is 4.22. The van der Waals surface area contributed by atoms with E-state index in [0.29, 0.717) is 0 Å². The molecule has 84 valence electrons. The van der Waals surface area contributed by atoms with Crippen molar-refractivity contribution in [3.63, 3.8) is 0 Å². The summed E-state index contributed by atoms with van der Waals surface area (Å²) in [5.74, 6) is 0. The summed E-state index contributed by atoms with van der Waals surface area (Å²) in [6.07, 6.45) is 15.5. The maximum absolute atomic E-state index is 2.46.